The van der Waals surface area contributed by atoms with Gasteiger partial charge in [0.25, 0.3) is 0 Å². The van der Waals surface area contributed by atoms with E-state index in [0.717, 1.165) is 24.4 Å². The van der Waals surface area contributed by atoms with Crippen LogP contribution in [-0.4, -0.2) is 34.2 Å². The van der Waals surface area contributed by atoms with Gasteiger partial charge in [-0.1, -0.05) is 6.07 Å². The summed E-state index contributed by atoms with van der Waals surface area (Å²) in [5, 5.41) is 13.3. The molecule has 0 radical (unpaired) electrons. The predicted octanol–water partition coefficient (Wildman–Crippen LogP) is 2.10. The van der Waals surface area contributed by atoms with Crippen molar-refractivity contribution >= 4 is 17.6 Å². The van der Waals surface area contributed by atoms with E-state index >= 15 is 0 Å². The molecule has 1 unspecified atom stereocenters. The van der Waals surface area contributed by atoms with E-state index in [-0.39, 0.29) is 0 Å². The third-order valence-corrected chi connectivity index (χ3v) is 3.94. The lowest BCUT2D eigenvalue weighted by molar-refractivity contribution is 0.0996. The Balaban J connectivity index is 1.95. The maximum absolute atomic E-state index is 10.1. The molecule has 94 valence electrons. The third kappa shape index (κ3) is 3.36. The number of thioether (sulfide) groups is 1. The highest BCUT2D eigenvalue weighted by Gasteiger charge is 2.20. The second-order valence-electron chi connectivity index (χ2n) is 4.94. The number of anilines is 1. The molecule has 0 aromatic carbocycles. The molecule has 1 atom stereocenters. The molecule has 0 spiro atoms. The van der Waals surface area contributed by atoms with Gasteiger partial charge in [-0.15, -0.1) is 0 Å². The highest BCUT2D eigenvalue weighted by Crippen LogP contribution is 2.22. The molecular formula is C13H20N2OS. The first-order chi connectivity index (χ1) is 8.11. The minimum atomic E-state index is -0.680. The number of rotatable bonds is 5. The van der Waals surface area contributed by atoms with E-state index in [0.29, 0.717) is 6.54 Å². The van der Waals surface area contributed by atoms with Crippen molar-refractivity contribution in [3.63, 3.8) is 0 Å². The molecule has 0 aliphatic heterocycles. The van der Waals surface area contributed by atoms with Crippen molar-refractivity contribution in [2.45, 2.75) is 31.8 Å². The number of fused-ring (bicyclic) bond motifs is 1. The lowest BCUT2D eigenvalue weighted by atomic mass is 10.1. The Morgan fingerprint density at radius 2 is 2.29 bits per heavy atom. The summed E-state index contributed by atoms with van der Waals surface area (Å²) in [6.07, 6.45) is 5.47. The minimum absolute atomic E-state index is 0.541. The highest BCUT2D eigenvalue weighted by molar-refractivity contribution is 7.98. The van der Waals surface area contributed by atoms with Crippen molar-refractivity contribution < 1.29 is 5.11 Å². The van der Waals surface area contributed by atoms with Gasteiger partial charge in [0.1, 0.15) is 5.82 Å². The number of hydrogen-bond donors (Lipinski definition) is 2. The van der Waals surface area contributed by atoms with E-state index in [2.05, 4.69) is 16.4 Å². The monoisotopic (exact) mass is 252 g/mol. The summed E-state index contributed by atoms with van der Waals surface area (Å²) in [4.78, 5) is 4.59. The first-order valence-corrected chi connectivity index (χ1v) is 7.44. The van der Waals surface area contributed by atoms with Crippen molar-refractivity contribution in [3.05, 3.63) is 23.4 Å². The van der Waals surface area contributed by atoms with Gasteiger partial charge in [-0.2, -0.15) is 11.8 Å². The van der Waals surface area contributed by atoms with Gasteiger partial charge in [0.2, 0.25) is 0 Å². The highest BCUT2D eigenvalue weighted by atomic mass is 32.2. The molecule has 1 aliphatic carbocycles. The first kappa shape index (κ1) is 12.7. The Morgan fingerprint density at radius 1 is 1.47 bits per heavy atom. The second kappa shape index (κ2) is 5.27. The van der Waals surface area contributed by atoms with Crippen LogP contribution in [0.4, 0.5) is 5.82 Å². The van der Waals surface area contributed by atoms with Gasteiger partial charge < -0.3 is 10.4 Å². The van der Waals surface area contributed by atoms with Crippen LogP contribution in [0.5, 0.6) is 0 Å². The van der Waals surface area contributed by atoms with E-state index in [4.69, 9.17) is 0 Å². The van der Waals surface area contributed by atoms with Crippen molar-refractivity contribution in [3.8, 4) is 0 Å². The third-order valence-electron chi connectivity index (χ3n) is 3.03. The summed E-state index contributed by atoms with van der Waals surface area (Å²) < 4.78 is 0. The summed E-state index contributed by atoms with van der Waals surface area (Å²) in [6, 6.07) is 4.17. The Bertz CT molecular complexity index is 393. The number of nitrogens with one attached hydrogen (secondary N) is 1. The van der Waals surface area contributed by atoms with Gasteiger partial charge in [0.15, 0.2) is 0 Å². The molecule has 2 rings (SSSR count). The van der Waals surface area contributed by atoms with Crippen LogP contribution in [0.3, 0.4) is 0 Å². The van der Waals surface area contributed by atoms with Crippen LogP contribution in [-0.2, 0) is 12.8 Å². The largest absolute Gasteiger partial charge is 0.387 e. The van der Waals surface area contributed by atoms with E-state index in [9.17, 15) is 5.11 Å². The first-order valence-electron chi connectivity index (χ1n) is 6.05. The molecule has 2 N–H and O–H groups in total. The lowest BCUT2D eigenvalue weighted by Crippen LogP contribution is -2.36. The Kier molecular flexibility index (Phi) is 3.94. The normalized spacial score (nSPS) is 17.6. The predicted molar refractivity (Wildman–Crippen MR) is 73.8 cm³/mol. The molecule has 1 aromatic heterocycles. The van der Waals surface area contributed by atoms with Crippen LogP contribution in [0, 0.1) is 0 Å². The SMILES string of the molecule is CSCC(C)(O)CNc1ccc2c(n1)CCC2. The van der Waals surface area contributed by atoms with Gasteiger partial charge in [-0.05, 0) is 44.1 Å². The number of hydrogen-bond acceptors (Lipinski definition) is 4. The van der Waals surface area contributed by atoms with Crippen molar-refractivity contribution in [1.82, 2.24) is 4.98 Å². The number of aryl methyl sites for hydroxylation is 2. The van der Waals surface area contributed by atoms with E-state index < -0.39 is 5.60 Å². The Hall–Kier alpha value is -0.740. The van der Waals surface area contributed by atoms with Crippen molar-refractivity contribution in [2.75, 3.05) is 23.9 Å². The Labute approximate surface area is 107 Å². The standard InChI is InChI=1S/C13H20N2OS/c1-13(16,9-17-2)8-14-12-7-6-10-4-3-5-11(10)15-12/h6-7,16H,3-5,8-9H2,1-2H3,(H,14,15). The summed E-state index contributed by atoms with van der Waals surface area (Å²) >= 11 is 1.65. The fraction of sp³-hybridized carbons (Fsp3) is 0.615. The van der Waals surface area contributed by atoms with Crippen LogP contribution < -0.4 is 5.32 Å². The zero-order chi connectivity index (χ0) is 12.3. The van der Waals surface area contributed by atoms with Gasteiger partial charge in [-0.25, -0.2) is 4.98 Å². The van der Waals surface area contributed by atoms with Crippen molar-refractivity contribution in [2.24, 2.45) is 0 Å². The molecular weight excluding hydrogens is 232 g/mol. The van der Waals surface area contributed by atoms with Crippen LogP contribution in [0.25, 0.3) is 0 Å². The van der Waals surface area contributed by atoms with Crippen LogP contribution in [0.2, 0.25) is 0 Å². The molecule has 3 nitrogen and oxygen atoms in total. The molecule has 0 fully saturated rings. The lowest BCUT2D eigenvalue weighted by Gasteiger charge is -2.22. The molecule has 4 heteroatoms. The summed E-state index contributed by atoms with van der Waals surface area (Å²) in [6.45, 7) is 2.39. The van der Waals surface area contributed by atoms with Crippen molar-refractivity contribution in [1.29, 1.82) is 0 Å². The summed E-state index contributed by atoms with van der Waals surface area (Å²) in [5.41, 5.74) is 1.92. The summed E-state index contributed by atoms with van der Waals surface area (Å²) in [5.74, 6) is 1.61. The summed E-state index contributed by atoms with van der Waals surface area (Å²) in [7, 11) is 0. The molecule has 0 amide bonds. The fourth-order valence-electron chi connectivity index (χ4n) is 2.16. The molecule has 0 bridgehead atoms. The number of pyridine rings is 1. The van der Waals surface area contributed by atoms with Crippen LogP contribution in [0.15, 0.2) is 12.1 Å². The van der Waals surface area contributed by atoms with E-state index in [1.165, 1.54) is 17.7 Å². The maximum atomic E-state index is 10.1. The van der Waals surface area contributed by atoms with Gasteiger partial charge >= 0.3 is 0 Å². The van der Waals surface area contributed by atoms with Crippen LogP contribution in [0.1, 0.15) is 24.6 Å². The zero-order valence-electron chi connectivity index (χ0n) is 10.5. The number of nitrogens with zero attached hydrogens (tertiary/aromatic N) is 1. The van der Waals surface area contributed by atoms with E-state index in [1.54, 1.807) is 11.8 Å². The average molecular weight is 252 g/mol. The smallest absolute Gasteiger partial charge is 0.126 e. The van der Waals surface area contributed by atoms with Gasteiger partial charge in [0.05, 0.1) is 5.60 Å². The molecule has 0 saturated heterocycles. The quantitative estimate of drug-likeness (QED) is 0.842. The molecule has 17 heavy (non-hydrogen) atoms. The molecule has 1 aliphatic rings. The molecule has 0 saturated carbocycles. The van der Waals surface area contributed by atoms with Gasteiger partial charge in [-0.3, -0.25) is 0 Å². The second-order valence-corrected chi connectivity index (χ2v) is 5.81. The number of aliphatic hydroxyl groups is 1. The average Bonchev–Trinajstić information content (AvgIpc) is 2.73. The molecule has 1 heterocycles. The fourth-order valence-corrected chi connectivity index (χ4v) is 2.89. The molecule has 1 aromatic rings. The minimum Gasteiger partial charge on any atom is -0.387 e. The van der Waals surface area contributed by atoms with E-state index in [1.807, 2.05) is 19.2 Å². The maximum Gasteiger partial charge on any atom is 0.126 e. The van der Waals surface area contributed by atoms with Crippen LogP contribution >= 0.6 is 11.8 Å². The number of aromatic nitrogens is 1. The van der Waals surface area contributed by atoms with Gasteiger partial charge in [0, 0.05) is 18.0 Å². The topological polar surface area (TPSA) is 45.1 Å². The zero-order valence-corrected chi connectivity index (χ0v) is 11.3. The Morgan fingerprint density at radius 3 is 3.06 bits per heavy atom.